The smallest absolute Gasteiger partial charge is 0.101 e. The lowest BCUT2D eigenvalue weighted by Crippen LogP contribution is -2.04. The number of para-hydroxylation sites is 2. The van der Waals surface area contributed by atoms with E-state index in [0.717, 1.165) is 44.2 Å². The van der Waals surface area contributed by atoms with E-state index >= 15 is 0 Å². The summed E-state index contributed by atoms with van der Waals surface area (Å²) in [5.74, 6) is 0. The molecule has 0 aliphatic rings. The topological polar surface area (TPSA) is 57.4 Å². The second kappa shape index (κ2) is 10.0. The Balaban J connectivity index is 1.27. The van der Waals surface area contributed by atoms with Crippen LogP contribution >= 0.6 is 22.7 Å². The van der Waals surface area contributed by atoms with Crippen molar-refractivity contribution in [2.24, 2.45) is 0 Å². The molecule has 0 N–H and O–H groups in total. The number of nitriles is 2. The molecule has 4 nitrogen and oxygen atoms in total. The van der Waals surface area contributed by atoms with E-state index in [1.54, 1.807) is 6.07 Å². The molecule has 7 aromatic carbocycles. The highest BCUT2D eigenvalue weighted by molar-refractivity contribution is 7.27. The third-order valence-electron chi connectivity index (χ3n) is 10.2. The van der Waals surface area contributed by atoms with Gasteiger partial charge in [0, 0.05) is 61.9 Å². The molecule has 11 aromatic rings. The molecule has 0 aliphatic carbocycles. The molecule has 0 aliphatic heterocycles. The minimum absolute atomic E-state index is 0.456. The van der Waals surface area contributed by atoms with Gasteiger partial charge in [-0.3, -0.25) is 0 Å². The lowest BCUT2D eigenvalue weighted by Gasteiger charge is -2.16. The van der Waals surface area contributed by atoms with E-state index < -0.39 is 0 Å². The second-order valence-electron chi connectivity index (χ2n) is 12.7. The third-order valence-corrected chi connectivity index (χ3v) is 12.6. The largest absolute Gasteiger partial charge is 0.308 e. The van der Waals surface area contributed by atoms with Crippen LogP contribution in [0.3, 0.4) is 0 Å². The summed E-state index contributed by atoms with van der Waals surface area (Å²) in [5.41, 5.74) is 6.53. The van der Waals surface area contributed by atoms with Crippen LogP contribution < -0.4 is 0 Å². The van der Waals surface area contributed by atoms with Gasteiger partial charge in [0.25, 0.3) is 0 Å². The highest BCUT2D eigenvalue weighted by Crippen LogP contribution is 2.46. The zero-order valence-electron chi connectivity index (χ0n) is 26.3. The van der Waals surface area contributed by atoms with Crippen LogP contribution in [-0.4, -0.2) is 9.13 Å². The van der Waals surface area contributed by atoms with Crippen LogP contribution in [-0.2, 0) is 0 Å². The molecule has 0 amide bonds. The zero-order valence-corrected chi connectivity index (χ0v) is 27.9. The Hall–Kier alpha value is -6.44. The molecule has 11 rings (SSSR count). The molecule has 0 atom stereocenters. The van der Waals surface area contributed by atoms with Gasteiger partial charge in [-0.25, -0.2) is 0 Å². The molecule has 0 fully saturated rings. The number of hydrogen-bond donors (Lipinski definition) is 0. The van der Waals surface area contributed by atoms with E-state index in [9.17, 15) is 10.5 Å². The minimum Gasteiger partial charge on any atom is -0.308 e. The Morgan fingerprint density at radius 2 is 0.820 bits per heavy atom. The van der Waals surface area contributed by atoms with Gasteiger partial charge in [0.05, 0.1) is 44.6 Å². The highest BCUT2D eigenvalue weighted by atomic mass is 32.1. The fourth-order valence-electron chi connectivity index (χ4n) is 8.12. The molecule has 4 aromatic heterocycles. The zero-order chi connectivity index (χ0) is 33.1. The molecule has 50 heavy (non-hydrogen) atoms. The molecule has 6 heteroatoms. The number of hydrogen-bond acceptors (Lipinski definition) is 4. The fourth-order valence-corrected chi connectivity index (χ4v) is 10.6. The molecular weight excluding hydrogens is 649 g/mol. The molecule has 0 saturated heterocycles. The minimum atomic E-state index is 0.456. The molecule has 0 spiro atoms. The van der Waals surface area contributed by atoms with Crippen LogP contribution in [0.1, 0.15) is 11.1 Å². The monoisotopic (exact) mass is 670 g/mol. The van der Waals surface area contributed by atoms with E-state index in [1.807, 2.05) is 22.7 Å². The van der Waals surface area contributed by atoms with Crippen molar-refractivity contribution in [2.75, 3.05) is 0 Å². The number of nitrogens with zero attached hydrogens (tertiary/aromatic N) is 4. The Kier molecular flexibility index (Phi) is 5.52. The van der Waals surface area contributed by atoms with Gasteiger partial charge >= 0.3 is 0 Å². The van der Waals surface area contributed by atoms with E-state index in [4.69, 9.17) is 0 Å². The first kappa shape index (κ1) is 27.5. The maximum Gasteiger partial charge on any atom is 0.101 e. The molecule has 0 radical (unpaired) electrons. The van der Waals surface area contributed by atoms with Crippen molar-refractivity contribution < 1.29 is 0 Å². The van der Waals surface area contributed by atoms with Gasteiger partial charge in [-0.2, -0.15) is 10.5 Å². The highest BCUT2D eigenvalue weighted by Gasteiger charge is 2.23. The maximum absolute atomic E-state index is 10.6. The van der Waals surface area contributed by atoms with Gasteiger partial charge in [0.1, 0.15) is 12.1 Å². The van der Waals surface area contributed by atoms with Crippen LogP contribution in [0.15, 0.2) is 133 Å². The van der Waals surface area contributed by atoms with Gasteiger partial charge in [-0.15, -0.1) is 22.7 Å². The average Bonchev–Trinajstić information content (AvgIpc) is 3.91. The first-order valence-corrected chi connectivity index (χ1v) is 18.0. The second-order valence-corrected chi connectivity index (χ2v) is 14.8. The van der Waals surface area contributed by atoms with Crippen molar-refractivity contribution in [3.05, 3.63) is 145 Å². The Morgan fingerprint density at radius 3 is 1.28 bits per heavy atom. The first-order chi connectivity index (χ1) is 24.7. The van der Waals surface area contributed by atoms with Crippen LogP contribution in [0.4, 0.5) is 0 Å². The normalized spacial score (nSPS) is 12.0. The van der Waals surface area contributed by atoms with Gasteiger partial charge < -0.3 is 9.13 Å². The lowest BCUT2D eigenvalue weighted by atomic mass is 10.1. The van der Waals surface area contributed by atoms with Gasteiger partial charge in [0.2, 0.25) is 0 Å². The summed E-state index contributed by atoms with van der Waals surface area (Å²) < 4.78 is 9.42. The quantitative estimate of drug-likeness (QED) is 0.184. The van der Waals surface area contributed by atoms with Crippen molar-refractivity contribution in [2.45, 2.75) is 0 Å². The summed E-state index contributed by atoms with van der Waals surface area (Å²) in [6, 6.07) is 51.6. The number of fused-ring (bicyclic) bond motifs is 14. The van der Waals surface area contributed by atoms with E-state index in [0.29, 0.717) is 11.1 Å². The van der Waals surface area contributed by atoms with Gasteiger partial charge in [-0.05, 0) is 48.5 Å². The number of aromatic nitrogens is 2. The van der Waals surface area contributed by atoms with Gasteiger partial charge in [0.15, 0.2) is 0 Å². The number of thiophene rings is 2. The molecule has 4 heterocycles. The third kappa shape index (κ3) is 3.51. The van der Waals surface area contributed by atoms with Crippen LogP contribution in [0.5, 0.6) is 0 Å². The van der Waals surface area contributed by atoms with E-state index in [1.165, 1.54) is 51.1 Å². The van der Waals surface area contributed by atoms with Crippen LogP contribution in [0.2, 0.25) is 0 Å². The molecule has 0 bridgehead atoms. The predicted octanol–water partition coefficient (Wildman–Crippen LogP) is 12.4. The van der Waals surface area contributed by atoms with Gasteiger partial charge in [-0.1, -0.05) is 84.9 Å². The van der Waals surface area contributed by atoms with Crippen molar-refractivity contribution in [3.63, 3.8) is 0 Å². The number of benzene rings is 7. The summed E-state index contributed by atoms with van der Waals surface area (Å²) in [4.78, 5) is 0. The molecule has 0 unspecified atom stereocenters. The summed E-state index contributed by atoms with van der Waals surface area (Å²) >= 11 is 3.62. The van der Waals surface area contributed by atoms with Crippen LogP contribution in [0.25, 0.3) is 95.3 Å². The summed E-state index contributed by atoms with van der Waals surface area (Å²) in [7, 11) is 0. The Labute approximate surface area is 293 Å². The molecule has 230 valence electrons. The average molecular weight is 671 g/mol. The standard InChI is InChI=1S/C44H22N4S2/c45-23-25-21-26(24-46)38(48-34-14-6-2-12-32(34)42-36(48)20-18-30-28-10-4-8-16-40(28)50-44(30)42)22-37(25)47-33-13-5-1-11-31(33)41-35(47)19-17-29-27-9-3-7-15-39(27)49-43(29)41/h1-22H. The van der Waals surface area contributed by atoms with Crippen molar-refractivity contribution >= 4 is 107 Å². The summed E-state index contributed by atoms with van der Waals surface area (Å²) in [6.07, 6.45) is 0. The first-order valence-electron chi connectivity index (χ1n) is 16.4. The Morgan fingerprint density at radius 1 is 0.400 bits per heavy atom. The predicted molar refractivity (Wildman–Crippen MR) is 210 cm³/mol. The fraction of sp³-hybridized carbons (Fsp3) is 0. The maximum atomic E-state index is 10.6. The van der Waals surface area contributed by atoms with Crippen molar-refractivity contribution in [1.29, 1.82) is 10.5 Å². The van der Waals surface area contributed by atoms with Crippen molar-refractivity contribution in [3.8, 4) is 23.5 Å². The summed E-state index contributed by atoms with van der Waals surface area (Å²) in [5, 5.41) is 30.9. The molecular formula is C44H22N4S2. The van der Waals surface area contributed by atoms with Crippen molar-refractivity contribution in [1.82, 2.24) is 9.13 Å². The lowest BCUT2D eigenvalue weighted by molar-refractivity contribution is 1.12. The van der Waals surface area contributed by atoms with E-state index in [2.05, 4.69) is 149 Å². The number of rotatable bonds is 2. The SMILES string of the molecule is N#Cc1cc(C#N)c(-n2c3ccccc3c3c4sc5ccccc5c4ccc32)cc1-n1c2ccccc2c2c3sc4ccccc4c3ccc21. The van der Waals surface area contributed by atoms with E-state index in [-0.39, 0.29) is 0 Å². The Bertz CT molecular complexity index is 3130. The summed E-state index contributed by atoms with van der Waals surface area (Å²) in [6.45, 7) is 0. The molecule has 0 saturated carbocycles. The van der Waals surface area contributed by atoms with Crippen LogP contribution in [0, 0.1) is 22.7 Å².